The van der Waals surface area contributed by atoms with Crippen LogP contribution in [0.15, 0.2) is 48.5 Å². The Labute approximate surface area is 144 Å². The average molecular weight is 343 g/mol. The van der Waals surface area contributed by atoms with E-state index in [1.54, 1.807) is 0 Å². The van der Waals surface area contributed by atoms with Crippen molar-refractivity contribution < 1.29 is 14.6 Å². The molecule has 0 aliphatic carbocycles. The Balaban J connectivity index is 2.41. The summed E-state index contributed by atoms with van der Waals surface area (Å²) in [4.78, 5) is 34.8. The Hall–Kier alpha value is -3.29. The molecule has 2 rings (SSSR count). The third-order valence-corrected chi connectivity index (χ3v) is 3.65. The first kappa shape index (κ1) is 18.1. The zero-order valence-electron chi connectivity index (χ0n) is 13.8. The predicted octanol–water partition coefficient (Wildman–Crippen LogP) is 3.55. The predicted molar refractivity (Wildman–Crippen MR) is 91.2 cm³/mol. The third-order valence-electron chi connectivity index (χ3n) is 3.65. The molecule has 0 spiro atoms. The highest BCUT2D eigenvalue weighted by atomic mass is 16.6. The van der Waals surface area contributed by atoms with Crippen molar-refractivity contribution >= 4 is 17.3 Å². The molecule has 2 aromatic carbocycles. The lowest BCUT2D eigenvalue weighted by Gasteiger charge is -2.27. The van der Waals surface area contributed by atoms with Gasteiger partial charge < -0.3 is 4.90 Å². The molecular formula is C17H17N3O5. The zero-order valence-corrected chi connectivity index (χ0v) is 13.8. The second-order valence-corrected chi connectivity index (χ2v) is 5.76. The van der Waals surface area contributed by atoms with E-state index < -0.39 is 27.1 Å². The Morgan fingerprint density at radius 1 is 1.00 bits per heavy atom. The van der Waals surface area contributed by atoms with Gasteiger partial charge in [-0.3, -0.25) is 25.0 Å². The fraction of sp³-hybridized carbons (Fsp3) is 0.235. The first-order valence-corrected chi connectivity index (χ1v) is 7.58. The van der Waals surface area contributed by atoms with Crippen molar-refractivity contribution in [1.82, 2.24) is 4.90 Å². The molecule has 0 radical (unpaired) electrons. The van der Waals surface area contributed by atoms with E-state index in [9.17, 15) is 25.0 Å². The second-order valence-electron chi connectivity index (χ2n) is 5.76. The van der Waals surface area contributed by atoms with Crippen molar-refractivity contribution in [3.8, 4) is 0 Å². The second kappa shape index (κ2) is 7.52. The molecule has 0 atom stereocenters. The first-order chi connectivity index (χ1) is 11.8. The maximum atomic E-state index is 12.8. The summed E-state index contributed by atoms with van der Waals surface area (Å²) in [6, 6.07) is 12.0. The Bertz CT molecular complexity index is 773. The topological polar surface area (TPSA) is 107 Å². The van der Waals surface area contributed by atoms with Gasteiger partial charge in [-0.05, 0) is 19.4 Å². The van der Waals surface area contributed by atoms with E-state index in [0.29, 0.717) is 6.54 Å². The lowest BCUT2D eigenvalue weighted by Crippen LogP contribution is -2.36. The molecule has 25 heavy (non-hydrogen) atoms. The summed E-state index contributed by atoms with van der Waals surface area (Å²) < 4.78 is 0. The number of carbonyl (C=O) groups excluding carboxylic acids is 1. The molecule has 0 saturated carbocycles. The molecule has 1 amide bonds. The molecule has 0 unspecified atom stereocenters. The summed E-state index contributed by atoms with van der Waals surface area (Å²) in [6.45, 7) is 3.92. The summed E-state index contributed by atoms with van der Waals surface area (Å²) >= 11 is 0. The van der Waals surface area contributed by atoms with Gasteiger partial charge in [-0.25, -0.2) is 0 Å². The van der Waals surface area contributed by atoms with Crippen molar-refractivity contribution in [3.05, 3.63) is 79.9 Å². The van der Waals surface area contributed by atoms with Gasteiger partial charge in [0.25, 0.3) is 17.3 Å². The maximum Gasteiger partial charge on any atom is 0.277 e. The zero-order chi connectivity index (χ0) is 18.6. The molecule has 0 heterocycles. The molecule has 0 N–H and O–H groups in total. The minimum Gasteiger partial charge on any atom is -0.332 e. The summed E-state index contributed by atoms with van der Waals surface area (Å²) in [5, 5.41) is 22.0. The molecule has 0 bridgehead atoms. The quantitative estimate of drug-likeness (QED) is 0.589. The molecule has 0 aliphatic rings. The molecule has 2 aromatic rings. The van der Waals surface area contributed by atoms with Gasteiger partial charge in [-0.15, -0.1) is 0 Å². The Morgan fingerprint density at radius 2 is 1.52 bits per heavy atom. The average Bonchev–Trinajstić information content (AvgIpc) is 2.59. The van der Waals surface area contributed by atoms with Crippen molar-refractivity contribution in [1.29, 1.82) is 0 Å². The number of non-ortho nitro benzene ring substituents is 2. The summed E-state index contributed by atoms with van der Waals surface area (Å²) in [6.07, 6.45) is 0. The van der Waals surface area contributed by atoms with Gasteiger partial charge in [0, 0.05) is 24.7 Å². The Morgan fingerprint density at radius 3 is 1.96 bits per heavy atom. The van der Waals surface area contributed by atoms with E-state index >= 15 is 0 Å². The molecular weight excluding hydrogens is 326 g/mol. The van der Waals surface area contributed by atoms with Crippen LogP contribution in [0.1, 0.15) is 29.8 Å². The van der Waals surface area contributed by atoms with Gasteiger partial charge >= 0.3 is 0 Å². The third kappa shape index (κ3) is 4.37. The highest BCUT2D eigenvalue weighted by Gasteiger charge is 2.24. The normalized spacial score (nSPS) is 10.5. The highest BCUT2D eigenvalue weighted by molar-refractivity contribution is 5.95. The Kier molecular flexibility index (Phi) is 5.43. The van der Waals surface area contributed by atoms with Crippen LogP contribution in [-0.4, -0.2) is 26.7 Å². The summed E-state index contributed by atoms with van der Waals surface area (Å²) in [7, 11) is 0. The number of amides is 1. The van der Waals surface area contributed by atoms with Crippen LogP contribution in [0.4, 0.5) is 11.4 Å². The van der Waals surface area contributed by atoms with Crippen LogP contribution in [0.25, 0.3) is 0 Å². The lowest BCUT2D eigenvalue weighted by molar-refractivity contribution is -0.394. The molecule has 0 aliphatic heterocycles. The van der Waals surface area contributed by atoms with Gasteiger partial charge in [0.2, 0.25) is 0 Å². The molecule has 8 nitrogen and oxygen atoms in total. The van der Waals surface area contributed by atoms with E-state index in [1.165, 1.54) is 4.90 Å². The molecule has 0 aromatic heterocycles. The van der Waals surface area contributed by atoms with E-state index in [-0.39, 0.29) is 11.6 Å². The van der Waals surface area contributed by atoms with Crippen LogP contribution >= 0.6 is 0 Å². The highest BCUT2D eigenvalue weighted by Crippen LogP contribution is 2.24. The minimum absolute atomic E-state index is 0.0782. The van der Waals surface area contributed by atoms with E-state index in [1.807, 2.05) is 44.2 Å². The standard InChI is InChI=1S/C17H17N3O5/c1-12(2)18(11-13-6-4-3-5-7-13)17(21)14-8-15(19(22)23)10-16(9-14)20(24)25/h3-10,12H,11H2,1-2H3. The fourth-order valence-corrected chi connectivity index (χ4v) is 2.36. The number of nitro benzene ring substituents is 2. The SMILES string of the molecule is CC(C)N(Cc1ccccc1)C(=O)c1cc([N+](=O)[O-])cc([N+](=O)[O-])c1. The molecule has 0 saturated heterocycles. The minimum atomic E-state index is -0.749. The van der Waals surface area contributed by atoms with Gasteiger partial charge in [0.05, 0.1) is 21.5 Å². The summed E-state index contributed by atoms with van der Waals surface area (Å²) in [5.74, 6) is -0.495. The largest absolute Gasteiger partial charge is 0.332 e. The number of rotatable bonds is 6. The van der Waals surface area contributed by atoms with Crippen molar-refractivity contribution in [2.75, 3.05) is 0 Å². The number of benzene rings is 2. The van der Waals surface area contributed by atoms with Crippen molar-refractivity contribution in [2.24, 2.45) is 0 Å². The number of hydrogen-bond acceptors (Lipinski definition) is 5. The van der Waals surface area contributed by atoms with Crippen LogP contribution in [-0.2, 0) is 6.54 Å². The molecule has 8 heteroatoms. The molecule has 130 valence electrons. The fourth-order valence-electron chi connectivity index (χ4n) is 2.36. The van der Waals surface area contributed by atoms with E-state index in [4.69, 9.17) is 0 Å². The van der Waals surface area contributed by atoms with Gasteiger partial charge in [0.1, 0.15) is 0 Å². The van der Waals surface area contributed by atoms with Crippen LogP contribution in [0.3, 0.4) is 0 Å². The smallest absolute Gasteiger partial charge is 0.277 e. The van der Waals surface area contributed by atoms with Gasteiger partial charge in [-0.1, -0.05) is 30.3 Å². The number of carbonyl (C=O) groups is 1. The monoisotopic (exact) mass is 343 g/mol. The maximum absolute atomic E-state index is 12.8. The van der Waals surface area contributed by atoms with Crippen LogP contribution in [0.2, 0.25) is 0 Å². The van der Waals surface area contributed by atoms with Gasteiger partial charge in [-0.2, -0.15) is 0 Å². The van der Waals surface area contributed by atoms with E-state index in [2.05, 4.69) is 0 Å². The van der Waals surface area contributed by atoms with Crippen LogP contribution < -0.4 is 0 Å². The van der Waals surface area contributed by atoms with Crippen LogP contribution in [0, 0.1) is 20.2 Å². The number of nitrogens with zero attached hydrogens (tertiary/aromatic N) is 3. The van der Waals surface area contributed by atoms with Crippen molar-refractivity contribution in [3.63, 3.8) is 0 Å². The van der Waals surface area contributed by atoms with E-state index in [0.717, 1.165) is 23.8 Å². The van der Waals surface area contributed by atoms with Crippen molar-refractivity contribution in [2.45, 2.75) is 26.4 Å². The number of nitro groups is 2. The summed E-state index contributed by atoms with van der Waals surface area (Å²) in [5.41, 5.74) is -0.156. The van der Waals surface area contributed by atoms with Crippen LogP contribution in [0.5, 0.6) is 0 Å². The molecule has 0 fully saturated rings. The van der Waals surface area contributed by atoms with Gasteiger partial charge in [0.15, 0.2) is 0 Å². The first-order valence-electron chi connectivity index (χ1n) is 7.58. The lowest BCUT2D eigenvalue weighted by atomic mass is 10.1. The number of hydrogen-bond donors (Lipinski definition) is 0.